The van der Waals surface area contributed by atoms with E-state index in [1.54, 1.807) is 0 Å². The Morgan fingerprint density at radius 3 is 0.771 bits per heavy atom. The van der Waals surface area contributed by atoms with Crippen molar-refractivity contribution in [2.24, 2.45) is 0 Å². The van der Waals surface area contributed by atoms with Gasteiger partial charge in [0.25, 0.3) is 0 Å². The quantitative estimate of drug-likeness (QED) is 0.0284. The van der Waals surface area contributed by atoms with Gasteiger partial charge in [-0.05, 0) is 65.2 Å². The van der Waals surface area contributed by atoms with Crippen LogP contribution in [0.15, 0.2) is 0 Å². The molecule has 0 aliphatic carbocycles. The Bertz CT molecular complexity index is 655. The van der Waals surface area contributed by atoms with Crippen LogP contribution in [0.1, 0.15) is 253 Å². The Hall–Kier alpha value is -0.0600. The fourth-order valence-corrected chi connectivity index (χ4v) is 7.02. The van der Waals surface area contributed by atoms with Crippen molar-refractivity contribution in [2.75, 3.05) is 0 Å². The molecule has 48 heavy (non-hydrogen) atoms. The fraction of sp³-hybridized carbons (Fsp3) is 0.953. The molecule has 0 aromatic heterocycles. The fourth-order valence-electron chi connectivity index (χ4n) is 7.02. The van der Waals surface area contributed by atoms with Gasteiger partial charge in [-0.25, -0.2) is 0 Å². The van der Waals surface area contributed by atoms with Gasteiger partial charge in [0.05, 0.1) is 0 Å². The minimum atomic E-state index is -0.495. The predicted octanol–water partition coefficient (Wildman–Crippen LogP) is 13.9. The molecule has 0 aliphatic heterocycles. The summed E-state index contributed by atoms with van der Waals surface area (Å²) in [4.78, 5) is 26.3. The average Bonchev–Trinajstić information content (AvgIpc) is 3.03. The molecule has 0 bridgehead atoms. The molecule has 0 aromatic carbocycles. The van der Waals surface area contributed by atoms with Gasteiger partial charge in [0, 0.05) is 0 Å². The molecule has 4 nitrogen and oxygen atoms in total. The van der Waals surface area contributed by atoms with Crippen molar-refractivity contribution in [3.63, 3.8) is 0 Å². The molecule has 0 N–H and O–H groups in total. The third kappa shape index (κ3) is 31.9. The van der Waals surface area contributed by atoms with Crippen molar-refractivity contribution in [2.45, 2.75) is 265 Å². The third-order valence-corrected chi connectivity index (χ3v) is 10.2. The topological polar surface area (TPSA) is 52.6 Å². The van der Waals surface area contributed by atoms with Crippen LogP contribution >= 0.6 is 0 Å². The molecule has 0 aromatic rings. The van der Waals surface area contributed by atoms with E-state index in [9.17, 15) is 9.59 Å². The maximum absolute atomic E-state index is 13.1. The molecule has 0 saturated heterocycles. The Kier molecular flexibility index (Phi) is 36.9. The normalized spacial score (nSPS) is 13.8. The van der Waals surface area contributed by atoms with Gasteiger partial charge in [0.1, 0.15) is 17.6 Å². The summed E-state index contributed by atoms with van der Waals surface area (Å²) in [6.45, 7) is 13.2. The minimum absolute atomic E-state index is 0. The number of carbonyl (C=O) groups is 2. The summed E-state index contributed by atoms with van der Waals surface area (Å²) in [5.74, 6) is -0.820. The zero-order chi connectivity index (χ0) is 34.9. The summed E-state index contributed by atoms with van der Waals surface area (Å²) in [5.41, 5.74) is -0.991. The summed E-state index contributed by atoms with van der Waals surface area (Å²) >= 11 is 0. The molecule has 5 heteroatoms. The molecule has 0 aliphatic rings. The van der Waals surface area contributed by atoms with Gasteiger partial charge in [0.15, 0.2) is 0 Å². The van der Waals surface area contributed by atoms with E-state index in [0.717, 1.165) is 51.4 Å². The van der Waals surface area contributed by atoms with Crippen molar-refractivity contribution >= 4 is 41.5 Å². The zero-order valence-corrected chi connectivity index (χ0v) is 33.0. The first kappa shape index (κ1) is 50.0. The van der Waals surface area contributed by atoms with Crippen molar-refractivity contribution in [3.8, 4) is 0 Å². The number of rotatable bonds is 36. The predicted molar refractivity (Wildman–Crippen MR) is 211 cm³/mol. The number of unbranched alkanes of at least 4 members (excludes halogenated alkanes) is 24. The van der Waals surface area contributed by atoms with E-state index in [1.807, 2.05) is 0 Å². The molecule has 0 rings (SSSR count). The van der Waals surface area contributed by atoms with E-state index in [-0.39, 0.29) is 36.0 Å². The Morgan fingerprint density at radius 1 is 0.354 bits per heavy atom. The van der Waals surface area contributed by atoms with Gasteiger partial charge in [-0.15, -0.1) is 0 Å². The van der Waals surface area contributed by atoms with Crippen molar-refractivity contribution in [3.05, 3.63) is 0 Å². The van der Waals surface area contributed by atoms with Crippen LogP contribution in [-0.2, 0) is 19.1 Å². The Morgan fingerprint density at radius 2 is 0.542 bits per heavy atom. The number of carbonyl (C=O) groups excluding carboxylic acids is 2. The van der Waals surface area contributed by atoms with Crippen LogP contribution < -0.4 is 0 Å². The molecule has 282 valence electrons. The van der Waals surface area contributed by atoms with Crippen molar-refractivity contribution in [1.29, 1.82) is 0 Å². The maximum atomic E-state index is 13.1. The second-order valence-corrected chi connectivity index (χ2v) is 15.5. The first-order valence-corrected chi connectivity index (χ1v) is 21.2. The summed E-state index contributed by atoms with van der Waals surface area (Å²) in [5, 5.41) is 0. The summed E-state index contributed by atoms with van der Waals surface area (Å²) < 4.78 is 12.3. The van der Waals surface area contributed by atoms with E-state index >= 15 is 0 Å². The SMILES string of the molecule is CCCCCCCCCCCCC(C)(CCCCCC)OC(=O)CC(=O)OC(C)(CCCCCC)CCCCCCCCCCCC.[NaH]. The number of hydrogen-bond donors (Lipinski definition) is 0. The molecular formula is C43H85NaO4. The van der Waals surface area contributed by atoms with E-state index < -0.39 is 23.1 Å². The second-order valence-electron chi connectivity index (χ2n) is 15.5. The molecule has 0 heterocycles. The standard InChI is InChI=1S/C43H84O4.Na.H/c1-7-11-15-19-21-23-25-27-29-33-37-42(5,35-31-17-13-9-3)46-40(44)39-41(45)47-43(6,36-32-18-14-10-4)38-34-30-28-26-24-22-20-16-12-8-2;;/h7-39H2,1-6H3;;. The summed E-state index contributed by atoms with van der Waals surface area (Å²) in [6.07, 6.45) is 38.4. The molecule has 2 unspecified atom stereocenters. The number of hydrogen-bond acceptors (Lipinski definition) is 4. The van der Waals surface area contributed by atoms with Crippen LogP contribution in [0.2, 0.25) is 0 Å². The van der Waals surface area contributed by atoms with Gasteiger partial charge >= 0.3 is 41.5 Å². The molecule has 0 fully saturated rings. The van der Waals surface area contributed by atoms with Crippen LogP contribution in [0.5, 0.6) is 0 Å². The number of ether oxygens (including phenoxy) is 2. The van der Waals surface area contributed by atoms with E-state index in [4.69, 9.17) is 9.47 Å². The monoisotopic (exact) mass is 689 g/mol. The van der Waals surface area contributed by atoms with E-state index in [0.29, 0.717) is 0 Å². The van der Waals surface area contributed by atoms with Crippen LogP contribution in [-0.4, -0.2) is 52.7 Å². The third-order valence-electron chi connectivity index (χ3n) is 10.2. The van der Waals surface area contributed by atoms with Crippen LogP contribution in [0.3, 0.4) is 0 Å². The molecule has 0 radical (unpaired) electrons. The average molecular weight is 689 g/mol. The molecule has 2 atom stereocenters. The van der Waals surface area contributed by atoms with E-state index in [1.165, 1.54) is 154 Å². The van der Waals surface area contributed by atoms with Gasteiger partial charge in [-0.3, -0.25) is 9.59 Å². The second kappa shape index (κ2) is 35.3. The summed E-state index contributed by atoms with van der Waals surface area (Å²) in [7, 11) is 0. The van der Waals surface area contributed by atoms with Crippen molar-refractivity contribution in [1.82, 2.24) is 0 Å². The van der Waals surface area contributed by atoms with Crippen molar-refractivity contribution < 1.29 is 19.1 Å². The van der Waals surface area contributed by atoms with Crippen LogP contribution in [0, 0.1) is 0 Å². The molecule has 0 spiro atoms. The molecule has 0 saturated carbocycles. The first-order chi connectivity index (χ1) is 22.7. The number of esters is 2. The first-order valence-electron chi connectivity index (χ1n) is 21.2. The van der Waals surface area contributed by atoms with E-state index in [2.05, 4.69) is 41.5 Å². The molecule has 0 amide bonds. The Labute approximate surface area is 323 Å². The summed E-state index contributed by atoms with van der Waals surface area (Å²) in [6, 6.07) is 0. The Balaban J connectivity index is 0. The zero-order valence-electron chi connectivity index (χ0n) is 33.0. The van der Waals surface area contributed by atoms with Gasteiger partial charge < -0.3 is 9.47 Å². The molecular weight excluding hydrogens is 603 g/mol. The van der Waals surface area contributed by atoms with Gasteiger partial charge in [0.2, 0.25) is 0 Å². The van der Waals surface area contributed by atoms with Crippen LogP contribution in [0.4, 0.5) is 0 Å². The van der Waals surface area contributed by atoms with Gasteiger partial charge in [-0.1, -0.05) is 182 Å². The van der Waals surface area contributed by atoms with Crippen LogP contribution in [0.25, 0.3) is 0 Å². The van der Waals surface area contributed by atoms with Gasteiger partial charge in [-0.2, -0.15) is 0 Å².